The van der Waals surface area contributed by atoms with Crippen LogP contribution in [-0.2, 0) is 0 Å². The van der Waals surface area contributed by atoms with Crippen LogP contribution in [0.15, 0.2) is 48.4 Å². The van der Waals surface area contributed by atoms with E-state index in [4.69, 9.17) is 0 Å². The first kappa shape index (κ1) is 26.6. The molecule has 0 saturated heterocycles. The summed E-state index contributed by atoms with van der Waals surface area (Å²) in [5.74, 6) is 3.16. The molecule has 0 bridgehead atoms. The summed E-state index contributed by atoms with van der Waals surface area (Å²) in [6.07, 6.45) is 9.01. The Hall–Kier alpha value is -2.42. The number of nitrogens with one attached hydrogen (secondary N) is 1. The van der Waals surface area contributed by atoms with Crippen molar-refractivity contribution >= 4 is 11.4 Å². The van der Waals surface area contributed by atoms with Gasteiger partial charge in [-0.15, -0.1) is 0 Å². The highest BCUT2D eigenvalue weighted by molar-refractivity contribution is 5.72. The summed E-state index contributed by atoms with van der Waals surface area (Å²) in [5, 5.41) is 4.04. The third-order valence-electron chi connectivity index (χ3n) is 8.06. The van der Waals surface area contributed by atoms with Crippen LogP contribution in [-0.4, -0.2) is 12.7 Å². The predicted octanol–water partition coefficient (Wildman–Crippen LogP) is 9.19. The van der Waals surface area contributed by atoms with Gasteiger partial charge in [0.2, 0.25) is 0 Å². The van der Waals surface area contributed by atoms with Crippen LogP contribution in [0.25, 0.3) is 0 Å². The van der Waals surface area contributed by atoms with Crippen molar-refractivity contribution in [2.75, 3.05) is 16.5 Å². The zero-order chi connectivity index (χ0) is 26.0. The van der Waals surface area contributed by atoms with Gasteiger partial charge in [-0.1, -0.05) is 111 Å². The van der Waals surface area contributed by atoms with Crippen molar-refractivity contribution in [3.63, 3.8) is 0 Å². The molecule has 2 aromatic rings. The van der Waals surface area contributed by atoms with Gasteiger partial charge in [0, 0.05) is 17.9 Å². The maximum Gasteiger partial charge on any atom is 0.124 e. The molecule has 0 radical (unpaired) electrons. The molecule has 1 heterocycles. The molecule has 2 aromatic carbocycles. The van der Waals surface area contributed by atoms with Gasteiger partial charge in [0.1, 0.15) is 12.5 Å². The first-order chi connectivity index (χ1) is 17.2. The van der Waals surface area contributed by atoms with Crippen LogP contribution < -0.4 is 15.1 Å². The molecule has 196 valence electrons. The third-order valence-corrected chi connectivity index (χ3v) is 8.06. The zero-order valence-electron chi connectivity index (χ0n) is 24.1. The van der Waals surface area contributed by atoms with Gasteiger partial charge in [-0.05, 0) is 58.8 Å². The normalized spacial score (nSPS) is 17.2. The molecular formula is C33H49N3. The minimum atomic E-state index is 0.470. The highest BCUT2D eigenvalue weighted by atomic mass is 15.4. The van der Waals surface area contributed by atoms with Gasteiger partial charge >= 0.3 is 0 Å². The van der Waals surface area contributed by atoms with E-state index in [0.29, 0.717) is 29.7 Å². The highest BCUT2D eigenvalue weighted by Crippen LogP contribution is 2.42. The van der Waals surface area contributed by atoms with Gasteiger partial charge in [0.15, 0.2) is 0 Å². The quantitative estimate of drug-likeness (QED) is 0.400. The van der Waals surface area contributed by atoms with Crippen LogP contribution in [0.3, 0.4) is 0 Å². The van der Waals surface area contributed by atoms with Gasteiger partial charge in [0.25, 0.3) is 0 Å². The van der Waals surface area contributed by atoms with Crippen LogP contribution in [0, 0.1) is 0 Å². The van der Waals surface area contributed by atoms with Crippen LogP contribution in [0.2, 0.25) is 0 Å². The van der Waals surface area contributed by atoms with Gasteiger partial charge in [-0.3, -0.25) is 0 Å². The maximum absolute atomic E-state index is 4.04. The average Bonchev–Trinajstić information content (AvgIpc) is 3.26. The maximum atomic E-state index is 4.04. The Bertz CT molecular complexity index is 1000. The fourth-order valence-corrected chi connectivity index (χ4v) is 6.05. The molecule has 1 fully saturated rings. The lowest BCUT2D eigenvalue weighted by Gasteiger charge is -2.34. The monoisotopic (exact) mass is 487 g/mol. The van der Waals surface area contributed by atoms with E-state index < -0.39 is 0 Å². The van der Waals surface area contributed by atoms with Crippen molar-refractivity contribution in [3.8, 4) is 0 Å². The van der Waals surface area contributed by atoms with Crippen molar-refractivity contribution in [3.05, 3.63) is 70.7 Å². The SMILES string of the molecule is CC(C)c1cccc(C(C)C)c1N1C=C(NC2CCCCC2)N(c2c(C(C)C)cccc2C(C)C)C1. The number of hydrogen-bond acceptors (Lipinski definition) is 3. The number of rotatable bonds is 8. The smallest absolute Gasteiger partial charge is 0.124 e. The van der Waals surface area contributed by atoms with E-state index in [-0.39, 0.29) is 0 Å². The molecule has 2 aliphatic rings. The van der Waals surface area contributed by atoms with Gasteiger partial charge in [-0.2, -0.15) is 0 Å². The molecule has 3 heteroatoms. The minimum absolute atomic E-state index is 0.470. The molecule has 0 amide bonds. The second-order valence-corrected chi connectivity index (χ2v) is 12.2. The average molecular weight is 488 g/mol. The van der Waals surface area contributed by atoms with Crippen molar-refractivity contribution in [2.24, 2.45) is 0 Å². The molecular weight excluding hydrogens is 438 g/mol. The number of nitrogens with zero attached hydrogens (tertiary/aromatic N) is 2. The number of hydrogen-bond donors (Lipinski definition) is 1. The minimum Gasteiger partial charge on any atom is -0.367 e. The second kappa shape index (κ2) is 11.3. The summed E-state index contributed by atoms with van der Waals surface area (Å²) in [4.78, 5) is 5.14. The van der Waals surface area contributed by atoms with Crippen molar-refractivity contribution in [2.45, 2.75) is 117 Å². The number of anilines is 2. The lowest BCUT2D eigenvalue weighted by atomic mass is 9.91. The Balaban J connectivity index is 1.85. The van der Waals surface area contributed by atoms with E-state index >= 15 is 0 Å². The molecule has 0 atom stereocenters. The van der Waals surface area contributed by atoms with Crippen molar-refractivity contribution in [1.82, 2.24) is 5.32 Å². The molecule has 1 N–H and O–H groups in total. The van der Waals surface area contributed by atoms with Crippen LogP contribution >= 0.6 is 0 Å². The van der Waals surface area contributed by atoms with Crippen molar-refractivity contribution in [1.29, 1.82) is 0 Å². The topological polar surface area (TPSA) is 18.5 Å². The summed E-state index contributed by atoms with van der Waals surface area (Å²) >= 11 is 0. The highest BCUT2D eigenvalue weighted by Gasteiger charge is 2.32. The van der Waals surface area contributed by atoms with Crippen LogP contribution in [0.1, 0.15) is 133 Å². The Labute approximate surface area is 221 Å². The van der Waals surface area contributed by atoms with E-state index in [9.17, 15) is 0 Å². The summed E-state index contributed by atoms with van der Waals surface area (Å²) in [5.41, 5.74) is 8.59. The van der Waals surface area contributed by atoms with Gasteiger partial charge in [0.05, 0.1) is 5.69 Å². The van der Waals surface area contributed by atoms with E-state index in [1.165, 1.54) is 71.6 Å². The molecule has 1 aliphatic heterocycles. The Morgan fingerprint density at radius 3 is 1.53 bits per heavy atom. The molecule has 0 unspecified atom stereocenters. The number of benzene rings is 2. The largest absolute Gasteiger partial charge is 0.367 e. The molecule has 3 nitrogen and oxygen atoms in total. The van der Waals surface area contributed by atoms with E-state index in [1.807, 2.05) is 0 Å². The van der Waals surface area contributed by atoms with E-state index in [0.717, 1.165) is 6.67 Å². The van der Waals surface area contributed by atoms with Crippen LogP contribution in [0.4, 0.5) is 11.4 Å². The molecule has 36 heavy (non-hydrogen) atoms. The zero-order valence-corrected chi connectivity index (χ0v) is 24.1. The molecule has 0 spiro atoms. The molecule has 1 aliphatic carbocycles. The first-order valence-electron chi connectivity index (χ1n) is 14.5. The predicted molar refractivity (Wildman–Crippen MR) is 157 cm³/mol. The standard InChI is InChI=1S/C33H49N3/c1-22(2)27-16-12-17-28(23(3)4)32(27)35-20-31(34-26-14-10-9-11-15-26)36(21-35)33-29(24(5)6)18-13-19-30(33)25(7)8/h12-13,16-20,22-26,34H,9-11,14-15,21H2,1-8H3. The Kier molecular flexibility index (Phi) is 8.37. The molecule has 0 aromatic heterocycles. The third kappa shape index (κ3) is 5.45. The lowest BCUT2D eigenvalue weighted by Crippen LogP contribution is -2.38. The lowest BCUT2D eigenvalue weighted by molar-refractivity contribution is 0.394. The van der Waals surface area contributed by atoms with E-state index in [1.54, 1.807) is 0 Å². The summed E-state index contributed by atoms with van der Waals surface area (Å²) in [6.45, 7) is 19.5. The molecule has 4 rings (SSSR count). The summed E-state index contributed by atoms with van der Waals surface area (Å²) < 4.78 is 0. The first-order valence-corrected chi connectivity index (χ1v) is 14.5. The van der Waals surface area contributed by atoms with Crippen molar-refractivity contribution < 1.29 is 0 Å². The number of para-hydroxylation sites is 2. The van der Waals surface area contributed by atoms with E-state index in [2.05, 4.69) is 113 Å². The molecule has 1 saturated carbocycles. The van der Waals surface area contributed by atoms with Crippen LogP contribution in [0.5, 0.6) is 0 Å². The Morgan fingerprint density at radius 1 is 0.639 bits per heavy atom. The van der Waals surface area contributed by atoms with Gasteiger partial charge < -0.3 is 15.1 Å². The second-order valence-electron chi connectivity index (χ2n) is 12.2. The van der Waals surface area contributed by atoms with Gasteiger partial charge in [-0.25, -0.2) is 0 Å². The summed E-state index contributed by atoms with van der Waals surface area (Å²) in [7, 11) is 0. The fourth-order valence-electron chi connectivity index (χ4n) is 6.05. The Morgan fingerprint density at radius 2 is 1.08 bits per heavy atom. The summed E-state index contributed by atoms with van der Waals surface area (Å²) in [6, 6.07) is 14.4. The fraction of sp³-hybridized carbons (Fsp3) is 0.576.